The van der Waals surface area contributed by atoms with E-state index in [9.17, 15) is 4.79 Å². The minimum atomic E-state index is -0.476. The lowest BCUT2D eigenvalue weighted by molar-refractivity contribution is 0.0519. The van der Waals surface area contributed by atoms with Crippen LogP contribution in [-0.2, 0) is 4.84 Å². The van der Waals surface area contributed by atoms with Crippen molar-refractivity contribution in [2.75, 3.05) is 6.61 Å². The van der Waals surface area contributed by atoms with Crippen molar-refractivity contribution < 1.29 is 14.4 Å². The van der Waals surface area contributed by atoms with Crippen molar-refractivity contribution in [2.45, 2.75) is 19.8 Å². The second kappa shape index (κ2) is 8.62. The number of hydrogen-bond donors (Lipinski definition) is 0. The van der Waals surface area contributed by atoms with Crippen LogP contribution in [0.1, 0.15) is 35.7 Å². The van der Waals surface area contributed by atoms with Gasteiger partial charge in [-0.05, 0) is 48.4 Å². The highest BCUT2D eigenvalue weighted by atomic mass is 16.7. The van der Waals surface area contributed by atoms with E-state index in [1.807, 2.05) is 30.3 Å². The zero-order chi connectivity index (χ0) is 15.6. The molecule has 0 aliphatic rings. The van der Waals surface area contributed by atoms with E-state index in [1.54, 1.807) is 24.3 Å². The first kappa shape index (κ1) is 15.8. The summed E-state index contributed by atoms with van der Waals surface area (Å²) in [5.74, 6) is 0.350. The van der Waals surface area contributed by atoms with Crippen molar-refractivity contribution in [2.24, 2.45) is 5.16 Å². The van der Waals surface area contributed by atoms with E-state index >= 15 is 0 Å². The molecular weight excluding hydrogens is 278 g/mol. The van der Waals surface area contributed by atoms with E-state index in [4.69, 9.17) is 9.57 Å². The fourth-order valence-electron chi connectivity index (χ4n) is 1.75. The fraction of sp³-hybridized carbons (Fsp3) is 0.222. The Labute approximate surface area is 130 Å². The molecule has 22 heavy (non-hydrogen) atoms. The van der Waals surface area contributed by atoms with Crippen molar-refractivity contribution in [3.05, 3.63) is 65.7 Å². The molecule has 0 atom stereocenters. The third kappa shape index (κ3) is 5.05. The topological polar surface area (TPSA) is 47.9 Å². The number of ether oxygens (including phenoxy) is 1. The van der Waals surface area contributed by atoms with Crippen molar-refractivity contribution in [3.63, 3.8) is 0 Å². The Bertz CT molecular complexity index is 606. The van der Waals surface area contributed by atoms with Crippen LogP contribution in [0.2, 0.25) is 0 Å². The van der Waals surface area contributed by atoms with Crippen molar-refractivity contribution in [1.82, 2.24) is 0 Å². The molecule has 0 unspecified atom stereocenters. The van der Waals surface area contributed by atoms with Gasteiger partial charge >= 0.3 is 5.97 Å². The standard InChI is InChI=1S/C18H19NO3/c1-2-3-13-21-17-11-9-15(10-12-17)14-19-22-18(20)16-7-5-4-6-8-16/h4-12,14H,2-3,13H2,1H3/b19-14+. The average molecular weight is 297 g/mol. The predicted molar refractivity (Wildman–Crippen MR) is 86.3 cm³/mol. The lowest BCUT2D eigenvalue weighted by atomic mass is 10.2. The highest BCUT2D eigenvalue weighted by Gasteiger charge is 2.04. The van der Waals surface area contributed by atoms with Crippen LogP contribution in [0.5, 0.6) is 5.75 Å². The molecule has 0 saturated carbocycles. The Morgan fingerprint density at radius 3 is 2.50 bits per heavy atom. The maximum Gasteiger partial charge on any atom is 0.365 e. The minimum Gasteiger partial charge on any atom is -0.494 e. The fourth-order valence-corrected chi connectivity index (χ4v) is 1.75. The molecule has 0 N–H and O–H groups in total. The molecule has 0 heterocycles. The molecule has 2 rings (SSSR count). The number of oxime groups is 1. The highest BCUT2D eigenvalue weighted by molar-refractivity contribution is 5.90. The van der Waals surface area contributed by atoms with Gasteiger partial charge in [0.1, 0.15) is 5.75 Å². The summed E-state index contributed by atoms with van der Waals surface area (Å²) in [6.07, 6.45) is 3.65. The minimum absolute atomic E-state index is 0.472. The van der Waals surface area contributed by atoms with Gasteiger partial charge in [-0.25, -0.2) is 4.79 Å². The third-order valence-corrected chi connectivity index (χ3v) is 2.99. The first-order valence-corrected chi connectivity index (χ1v) is 7.32. The number of carbonyl (C=O) groups is 1. The van der Waals surface area contributed by atoms with E-state index in [0.29, 0.717) is 5.56 Å². The summed E-state index contributed by atoms with van der Waals surface area (Å²) < 4.78 is 5.57. The molecule has 4 heteroatoms. The molecule has 2 aromatic carbocycles. The molecule has 2 aromatic rings. The SMILES string of the molecule is CCCCOc1ccc(/C=N/OC(=O)c2ccccc2)cc1. The third-order valence-electron chi connectivity index (χ3n) is 2.99. The second-order valence-corrected chi connectivity index (χ2v) is 4.75. The summed E-state index contributed by atoms with van der Waals surface area (Å²) in [6, 6.07) is 16.2. The summed E-state index contributed by atoms with van der Waals surface area (Å²) in [5.41, 5.74) is 1.31. The molecule has 0 saturated heterocycles. The van der Waals surface area contributed by atoms with E-state index in [-0.39, 0.29) is 0 Å². The number of hydrogen-bond acceptors (Lipinski definition) is 4. The lowest BCUT2D eigenvalue weighted by Gasteiger charge is -2.04. The van der Waals surface area contributed by atoms with Gasteiger partial charge in [0, 0.05) is 0 Å². The number of benzene rings is 2. The summed E-state index contributed by atoms with van der Waals surface area (Å²) in [5, 5.41) is 3.71. The van der Waals surface area contributed by atoms with Gasteiger partial charge in [0.2, 0.25) is 0 Å². The first-order chi connectivity index (χ1) is 10.8. The van der Waals surface area contributed by atoms with Crippen molar-refractivity contribution >= 4 is 12.2 Å². The molecular formula is C18H19NO3. The molecule has 0 aliphatic heterocycles. The molecule has 0 amide bonds. The smallest absolute Gasteiger partial charge is 0.365 e. The largest absolute Gasteiger partial charge is 0.494 e. The Hall–Kier alpha value is -2.62. The molecule has 4 nitrogen and oxygen atoms in total. The zero-order valence-corrected chi connectivity index (χ0v) is 12.6. The van der Waals surface area contributed by atoms with Crippen LogP contribution < -0.4 is 4.74 Å². The summed E-state index contributed by atoms with van der Waals surface area (Å²) in [7, 11) is 0. The van der Waals surface area contributed by atoms with Crippen molar-refractivity contribution in [1.29, 1.82) is 0 Å². The van der Waals surface area contributed by atoms with Gasteiger partial charge in [0.25, 0.3) is 0 Å². The number of unbranched alkanes of at least 4 members (excludes halogenated alkanes) is 1. The first-order valence-electron chi connectivity index (χ1n) is 7.32. The molecule has 0 radical (unpaired) electrons. The van der Waals surface area contributed by atoms with Crippen LogP contribution >= 0.6 is 0 Å². The molecule has 0 spiro atoms. The van der Waals surface area contributed by atoms with E-state index in [2.05, 4.69) is 12.1 Å². The summed E-state index contributed by atoms with van der Waals surface area (Å²) in [4.78, 5) is 16.5. The van der Waals surface area contributed by atoms with Crippen LogP contribution in [-0.4, -0.2) is 18.8 Å². The Kier molecular flexibility index (Phi) is 6.18. The van der Waals surface area contributed by atoms with Crippen molar-refractivity contribution in [3.8, 4) is 5.75 Å². The predicted octanol–water partition coefficient (Wildman–Crippen LogP) is 4.06. The Morgan fingerprint density at radius 1 is 1.09 bits per heavy atom. The summed E-state index contributed by atoms with van der Waals surface area (Å²) in [6.45, 7) is 2.85. The summed E-state index contributed by atoms with van der Waals surface area (Å²) >= 11 is 0. The van der Waals surface area contributed by atoms with Gasteiger partial charge in [-0.1, -0.05) is 36.7 Å². The van der Waals surface area contributed by atoms with Crippen LogP contribution in [0.4, 0.5) is 0 Å². The highest BCUT2D eigenvalue weighted by Crippen LogP contribution is 2.11. The zero-order valence-electron chi connectivity index (χ0n) is 12.6. The maximum absolute atomic E-state index is 11.7. The average Bonchev–Trinajstić information content (AvgIpc) is 2.57. The monoisotopic (exact) mass is 297 g/mol. The van der Waals surface area contributed by atoms with E-state index < -0.39 is 5.97 Å². The van der Waals surface area contributed by atoms with E-state index in [1.165, 1.54) is 6.21 Å². The van der Waals surface area contributed by atoms with Gasteiger partial charge in [-0.15, -0.1) is 0 Å². The number of carbonyl (C=O) groups excluding carboxylic acids is 1. The van der Waals surface area contributed by atoms with Gasteiger partial charge < -0.3 is 9.57 Å². The van der Waals surface area contributed by atoms with Crippen LogP contribution in [0.3, 0.4) is 0 Å². The lowest BCUT2D eigenvalue weighted by Crippen LogP contribution is -2.00. The molecule has 0 bridgehead atoms. The Balaban J connectivity index is 1.84. The van der Waals surface area contributed by atoms with Crippen LogP contribution in [0.15, 0.2) is 59.8 Å². The van der Waals surface area contributed by atoms with Gasteiger partial charge in [-0.2, -0.15) is 0 Å². The van der Waals surface area contributed by atoms with Crippen LogP contribution in [0.25, 0.3) is 0 Å². The van der Waals surface area contributed by atoms with Gasteiger partial charge in [0.05, 0.1) is 18.4 Å². The normalized spacial score (nSPS) is 10.6. The number of nitrogens with zero attached hydrogens (tertiary/aromatic N) is 1. The quantitative estimate of drug-likeness (QED) is 0.335. The van der Waals surface area contributed by atoms with Crippen LogP contribution in [0, 0.1) is 0 Å². The second-order valence-electron chi connectivity index (χ2n) is 4.75. The molecule has 0 aromatic heterocycles. The Morgan fingerprint density at radius 2 is 1.82 bits per heavy atom. The van der Waals surface area contributed by atoms with Gasteiger partial charge in [0.15, 0.2) is 0 Å². The molecule has 0 aliphatic carbocycles. The molecule has 0 fully saturated rings. The van der Waals surface area contributed by atoms with Gasteiger partial charge in [-0.3, -0.25) is 0 Å². The molecule has 114 valence electrons. The van der Waals surface area contributed by atoms with E-state index in [0.717, 1.165) is 30.8 Å². The number of rotatable bonds is 7. The maximum atomic E-state index is 11.7.